The second kappa shape index (κ2) is 7.21. The minimum absolute atomic E-state index is 0.330. The summed E-state index contributed by atoms with van der Waals surface area (Å²) >= 11 is 0. The third kappa shape index (κ3) is 4.40. The van der Waals surface area contributed by atoms with Crippen molar-refractivity contribution in [3.63, 3.8) is 0 Å². The lowest BCUT2D eigenvalue weighted by atomic mass is 10.1. The van der Waals surface area contributed by atoms with Gasteiger partial charge in [0.2, 0.25) is 0 Å². The van der Waals surface area contributed by atoms with Crippen LogP contribution in [0.25, 0.3) is 0 Å². The SMILES string of the molecule is OCCCCCCN1CCC(CO)C1. The van der Waals surface area contributed by atoms with Crippen LogP contribution in [0.3, 0.4) is 0 Å². The van der Waals surface area contributed by atoms with Gasteiger partial charge in [0.05, 0.1) is 0 Å². The zero-order valence-electron chi connectivity index (χ0n) is 8.99. The number of aliphatic hydroxyl groups is 2. The van der Waals surface area contributed by atoms with Crippen molar-refractivity contribution in [3.8, 4) is 0 Å². The van der Waals surface area contributed by atoms with Gasteiger partial charge < -0.3 is 15.1 Å². The van der Waals surface area contributed by atoms with E-state index in [0.29, 0.717) is 19.1 Å². The smallest absolute Gasteiger partial charge is 0.0471 e. The van der Waals surface area contributed by atoms with Gasteiger partial charge in [0.1, 0.15) is 0 Å². The summed E-state index contributed by atoms with van der Waals surface area (Å²) in [6.07, 6.45) is 5.71. The van der Waals surface area contributed by atoms with Gasteiger partial charge in [-0.25, -0.2) is 0 Å². The first kappa shape index (κ1) is 12.0. The molecule has 0 aromatic heterocycles. The van der Waals surface area contributed by atoms with Crippen molar-refractivity contribution < 1.29 is 10.2 Å². The topological polar surface area (TPSA) is 43.7 Å². The molecule has 0 amide bonds. The fraction of sp³-hybridized carbons (Fsp3) is 1.00. The van der Waals surface area contributed by atoms with Gasteiger partial charge in [-0.2, -0.15) is 0 Å². The van der Waals surface area contributed by atoms with E-state index in [1.807, 2.05) is 0 Å². The van der Waals surface area contributed by atoms with E-state index in [-0.39, 0.29) is 0 Å². The third-order valence-electron chi connectivity index (χ3n) is 3.01. The predicted molar refractivity (Wildman–Crippen MR) is 57.2 cm³/mol. The molecule has 0 aromatic rings. The molecule has 0 aliphatic carbocycles. The average molecular weight is 201 g/mol. The van der Waals surface area contributed by atoms with Gasteiger partial charge in [0.15, 0.2) is 0 Å². The predicted octanol–water partition coefficient (Wildman–Crippen LogP) is 0.853. The lowest BCUT2D eigenvalue weighted by Crippen LogP contribution is -2.22. The monoisotopic (exact) mass is 201 g/mol. The molecule has 0 spiro atoms. The van der Waals surface area contributed by atoms with Crippen molar-refractivity contribution in [1.29, 1.82) is 0 Å². The lowest BCUT2D eigenvalue weighted by Gasteiger charge is -2.14. The standard InChI is InChI=1S/C11H23NO2/c13-8-4-2-1-3-6-12-7-5-11(9-12)10-14/h11,13-14H,1-10H2. The molecule has 1 rings (SSSR count). The normalized spacial score (nSPS) is 23.1. The minimum atomic E-state index is 0.330. The summed E-state index contributed by atoms with van der Waals surface area (Å²) < 4.78 is 0. The van der Waals surface area contributed by atoms with Gasteiger partial charge in [-0.15, -0.1) is 0 Å². The molecule has 1 aliphatic rings. The third-order valence-corrected chi connectivity index (χ3v) is 3.01. The highest BCUT2D eigenvalue weighted by atomic mass is 16.3. The maximum atomic E-state index is 8.97. The second-order valence-electron chi connectivity index (χ2n) is 4.28. The number of unbranched alkanes of at least 4 members (excludes halogenated alkanes) is 3. The quantitative estimate of drug-likeness (QED) is 0.600. The van der Waals surface area contributed by atoms with Gasteiger partial charge in [0.25, 0.3) is 0 Å². The Morgan fingerprint density at radius 2 is 1.86 bits per heavy atom. The second-order valence-corrected chi connectivity index (χ2v) is 4.28. The summed E-state index contributed by atoms with van der Waals surface area (Å²) in [5, 5.41) is 17.6. The summed E-state index contributed by atoms with van der Waals surface area (Å²) in [5.41, 5.74) is 0. The first-order chi connectivity index (χ1) is 6.86. The molecule has 0 saturated carbocycles. The summed E-state index contributed by atoms with van der Waals surface area (Å²) in [7, 11) is 0. The van der Waals surface area contributed by atoms with Crippen molar-refractivity contribution in [2.45, 2.75) is 32.1 Å². The van der Waals surface area contributed by atoms with Crippen molar-refractivity contribution in [3.05, 3.63) is 0 Å². The molecule has 0 aromatic carbocycles. The number of hydrogen-bond acceptors (Lipinski definition) is 3. The summed E-state index contributed by atoms with van der Waals surface area (Å²) in [5.74, 6) is 0.521. The lowest BCUT2D eigenvalue weighted by molar-refractivity contribution is 0.220. The van der Waals surface area contributed by atoms with Crippen LogP contribution in [-0.2, 0) is 0 Å². The van der Waals surface area contributed by atoms with Crippen molar-refractivity contribution >= 4 is 0 Å². The molecule has 3 heteroatoms. The van der Waals surface area contributed by atoms with E-state index >= 15 is 0 Å². The number of hydrogen-bond donors (Lipinski definition) is 2. The Bertz CT molecular complexity index is 141. The van der Waals surface area contributed by atoms with Gasteiger partial charge in [-0.1, -0.05) is 12.8 Å². The van der Waals surface area contributed by atoms with E-state index in [0.717, 1.165) is 32.4 Å². The van der Waals surface area contributed by atoms with E-state index in [2.05, 4.69) is 4.90 Å². The number of aliphatic hydroxyl groups excluding tert-OH is 2. The van der Waals surface area contributed by atoms with E-state index in [1.165, 1.54) is 19.4 Å². The fourth-order valence-corrected chi connectivity index (χ4v) is 2.07. The summed E-state index contributed by atoms with van der Waals surface area (Å²) in [6, 6.07) is 0. The highest BCUT2D eigenvalue weighted by Gasteiger charge is 2.20. The Morgan fingerprint density at radius 3 is 2.50 bits per heavy atom. The number of nitrogens with zero attached hydrogens (tertiary/aromatic N) is 1. The fourth-order valence-electron chi connectivity index (χ4n) is 2.07. The van der Waals surface area contributed by atoms with Gasteiger partial charge in [0, 0.05) is 19.8 Å². The Kier molecular flexibility index (Phi) is 6.15. The molecule has 0 bridgehead atoms. The van der Waals surface area contributed by atoms with Gasteiger partial charge in [-0.05, 0) is 38.3 Å². The van der Waals surface area contributed by atoms with Crippen LogP contribution >= 0.6 is 0 Å². The molecule has 84 valence electrons. The molecule has 3 nitrogen and oxygen atoms in total. The molecule has 1 heterocycles. The molecule has 1 fully saturated rings. The molecular formula is C11H23NO2. The first-order valence-corrected chi connectivity index (χ1v) is 5.81. The molecule has 1 saturated heterocycles. The molecular weight excluding hydrogens is 178 g/mol. The number of rotatable bonds is 7. The zero-order chi connectivity index (χ0) is 10.2. The summed E-state index contributed by atoms with van der Waals surface area (Å²) in [4.78, 5) is 2.44. The van der Waals surface area contributed by atoms with Crippen LogP contribution in [0.4, 0.5) is 0 Å². The maximum absolute atomic E-state index is 8.97. The Balaban J connectivity index is 1.92. The van der Waals surface area contributed by atoms with E-state index < -0.39 is 0 Å². The Labute approximate surface area is 86.7 Å². The summed E-state index contributed by atoms with van der Waals surface area (Å²) in [6.45, 7) is 4.08. The molecule has 2 N–H and O–H groups in total. The van der Waals surface area contributed by atoms with Gasteiger partial charge in [-0.3, -0.25) is 0 Å². The minimum Gasteiger partial charge on any atom is -0.396 e. The largest absolute Gasteiger partial charge is 0.396 e. The van der Waals surface area contributed by atoms with Crippen molar-refractivity contribution in [2.24, 2.45) is 5.92 Å². The molecule has 1 aliphatic heterocycles. The van der Waals surface area contributed by atoms with Crippen LogP contribution in [0.1, 0.15) is 32.1 Å². The maximum Gasteiger partial charge on any atom is 0.0471 e. The van der Waals surface area contributed by atoms with Crippen LogP contribution in [0.2, 0.25) is 0 Å². The van der Waals surface area contributed by atoms with Crippen molar-refractivity contribution in [2.75, 3.05) is 32.8 Å². The van der Waals surface area contributed by atoms with Crippen LogP contribution in [-0.4, -0.2) is 48.0 Å². The van der Waals surface area contributed by atoms with Crippen LogP contribution in [0, 0.1) is 5.92 Å². The molecule has 14 heavy (non-hydrogen) atoms. The highest BCUT2D eigenvalue weighted by molar-refractivity contribution is 4.74. The zero-order valence-corrected chi connectivity index (χ0v) is 8.99. The molecule has 1 unspecified atom stereocenters. The van der Waals surface area contributed by atoms with E-state index in [9.17, 15) is 0 Å². The Morgan fingerprint density at radius 1 is 1.07 bits per heavy atom. The van der Waals surface area contributed by atoms with Crippen LogP contribution in [0.5, 0.6) is 0 Å². The first-order valence-electron chi connectivity index (χ1n) is 5.81. The van der Waals surface area contributed by atoms with Crippen molar-refractivity contribution in [1.82, 2.24) is 4.90 Å². The van der Waals surface area contributed by atoms with Gasteiger partial charge >= 0.3 is 0 Å². The highest BCUT2D eigenvalue weighted by Crippen LogP contribution is 2.15. The molecule has 1 atom stereocenters. The van der Waals surface area contributed by atoms with Crippen LogP contribution < -0.4 is 0 Å². The Hall–Kier alpha value is -0.120. The van der Waals surface area contributed by atoms with E-state index in [4.69, 9.17) is 10.2 Å². The van der Waals surface area contributed by atoms with Crippen LogP contribution in [0.15, 0.2) is 0 Å². The molecule has 0 radical (unpaired) electrons. The van der Waals surface area contributed by atoms with E-state index in [1.54, 1.807) is 0 Å². The number of likely N-dealkylation sites (tertiary alicyclic amines) is 1. The average Bonchev–Trinajstić information content (AvgIpc) is 2.65.